The van der Waals surface area contributed by atoms with E-state index in [0.29, 0.717) is 43.3 Å². The summed E-state index contributed by atoms with van der Waals surface area (Å²) in [5, 5.41) is 3.14. The molecule has 2 saturated heterocycles. The molecule has 43 heavy (non-hydrogen) atoms. The average molecular weight is 588 g/mol. The normalized spacial score (nSPS) is 21.4. The number of likely N-dealkylation sites (tertiary alicyclic amines) is 1. The van der Waals surface area contributed by atoms with Gasteiger partial charge in [0.1, 0.15) is 11.5 Å². The topological polar surface area (TPSA) is 122 Å². The molecule has 5 heterocycles. The van der Waals surface area contributed by atoms with Gasteiger partial charge in [0, 0.05) is 70.5 Å². The summed E-state index contributed by atoms with van der Waals surface area (Å²) in [6, 6.07) is 9.00. The first-order valence-corrected chi connectivity index (χ1v) is 14.7. The van der Waals surface area contributed by atoms with Crippen molar-refractivity contribution >= 4 is 17.8 Å². The Bertz CT molecular complexity index is 1420. The van der Waals surface area contributed by atoms with Crippen LogP contribution in [-0.2, 0) is 27.4 Å². The lowest BCUT2D eigenvalue weighted by atomic mass is 10.2. The second kappa shape index (κ2) is 13.4. The first-order chi connectivity index (χ1) is 21.0. The molecule has 3 aliphatic heterocycles. The van der Waals surface area contributed by atoms with Crippen LogP contribution in [0.5, 0.6) is 11.5 Å². The van der Waals surface area contributed by atoms with Gasteiger partial charge in [0.15, 0.2) is 0 Å². The number of carbonyl (C=O) groups is 2. The Morgan fingerprint density at radius 3 is 2.67 bits per heavy atom. The fourth-order valence-electron chi connectivity index (χ4n) is 5.75. The fraction of sp³-hybridized carbons (Fsp3) is 0.452. The Kier molecular flexibility index (Phi) is 9.06. The zero-order chi connectivity index (χ0) is 29.6. The van der Waals surface area contributed by atoms with Gasteiger partial charge in [-0.25, -0.2) is 9.97 Å². The van der Waals surface area contributed by atoms with Crippen molar-refractivity contribution in [2.75, 3.05) is 57.9 Å². The number of pyridine rings is 1. The number of aromatic nitrogens is 3. The van der Waals surface area contributed by atoms with E-state index in [1.807, 2.05) is 36.7 Å². The van der Waals surface area contributed by atoms with Crippen LogP contribution in [0.1, 0.15) is 34.3 Å². The maximum Gasteiger partial charge on any atom is 0.256 e. The van der Waals surface area contributed by atoms with Crippen LogP contribution < -0.4 is 15.0 Å². The van der Waals surface area contributed by atoms with Crippen LogP contribution in [0, 0.1) is 0 Å². The molecule has 2 aromatic heterocycles. The number of fused-ring (bicyclic) bond motifs is 5. The van der Waals surface area contributed by atoms with E-state index < -0.39 is 0 Å². The van der Waals surface area contributed by atoms with Gasteiger partial charge in [-0.05, 0) is 36.6 Å². The third kappa shape index (κ3) is 7.27. The van der Waals surface area contributed by atoms with E-state index in [4.69, 9.17) is 14.2 Å². The monoisotopic (exact) mass is 587 g/mol. The quantitative estimate of drug-likeness (QED) is 0.460. The van der Waals surface area contributed by atoms with Crippen molar-refractivity contribution in [3.05, 3.63) is 71.8 Å². The second-order valence-electron chi connectivity index (χ2n) is 11.2. The molecule has 0 aliphatic carbocycles. The van der Waals surface area contributed by atoms with Crippen molar-refractivity contribution in [1.82, 2.24) is 30.1 Å². The minimum absolute atomic E-state index is 0.124. The van der Waals surface area contributed by atoms with Gasteiger partial charge in [0.05, 0.1) is 43.7 Å². The van der Waals surface area contributed by atoms with Gasteiger partial charge in [-0.15, -0.1) is 0 Å². The van der Waals surface area contributed by atoms with Crippen LogP contribution in [0.25, 0.3) is 0 Å². The Labute approximate surface area is 251 Å². The number of anilines is 1. The SMILES string of the molecule is COCCN1CC(=O)N[C@H]2CN(Cc3cnc(N4CCCC4)nc3)C[C@@H]2OCc2cccc(c2)Oc2cncc(c2)C1=O. The van der Waals surface area contributed by atoms with E-state index in [0.717, 1.165) is 30.2 Å². The molecule has 12 heteroatoms. The molecule has 1 aromatic carbocycles. The fourth-order valence-corrected chi connectivity index (χ4v) is 5.75. The minimum Gasteiger partial charge on any atom is -0.456 e. The molecule has 3 aromatic rings. The smallest absolute Gasteiger partial charge is 0.256 e. The van der Waals surface area contributed by atoms with Gasteiger partial charge in [0.25, 0.3) is 5.91 Å². The molecule has 0 saturated carbocycles. The van der Waals surface area contributed by atoms with Crippen molar-refractivity contribution in [3.8, 4) is 11.5 Å². The number of hydrogen-bond acceptors (Lipinski definition) is 10. The summed E-state index contributed by atoms with van der Waals surface area (Å²) in [7, 11) is 1.56. The average Bonchev–Trinajstić information content (AvgIpc) is 3.69. The zero-order valence-corrected chi connectivity index (χ0v) is 24.4. The molecular weight excluding hydrogens is 550 g/mol. The third-order valence-electron chi connectivity index (χ3n) is 7.92. The van der Waals surface area contributed by atoms with E-state index in [1.54, 1.807) is 19.4 Å². The maximum absolute atomic E-state index is 13.5. The Morgan fingerprint density at radius 2 is 1.86 bits per heavy atom. The Hall–Kier alpha value is -4.13. The summed E-state index contributed by atoms with van der Waals surface area (Å²) in [6.45, 7) is 4.61. The first-order valence-electron chi connectivity index (χ1n) is 14.7. The molecule has 12 nitrogen and oxygen atoms in total. The molecule has 6 rings (SSSR count). The van der Waals surface area contributed by atoms with Gasteiger partial charge in [-0.1, -0.05) is 12.1 Å². The highest BCUT2D eigenvalue weighted by atomic mass is 16.5. The predicted molar refractivity (Wildman–Crippen MR) is 158 cm³/mol. The van der Waals surface area contributed by atoms with Crippen LogP contribution >= 0.6 is 0 Å². The molecule has 0 radical (unpaired) electrons. The number of rotatable bonds is 6. The maximum atomic E-state index is 13.5. The lowest BCUT2D eigenvalue weighted by Gasteiger charge is -2.25. The lowest BCUT2D eigenvalue weighted by Crippen LogP contribution is -2.49. The van der Waals surface area contributed by atoms with E-state index >= 15 is 0 Å². The first kappa shape index (κ1) is 29.0. The molecule has 226 valence electrons. The Morgan fingerprint density at radius 1 is 1.02 bits per heavy atom. The van der Waals surface area contributed by atoms with Crippen molar-refractivity contribution in [2.24, 2.45) is 0 Å². The third-order valence-corrected chi connectivity index (χ3v) is 7.92. The van der Waals surface area contributed by atoms with Gasteiger partial charge in [-0.2, -0.15) is 0 Å². The molecule has 3 aliphatic rings. The standard InChI is InChI=1S/C31H37N7O5/c1-41-10-9-38-20-29(39)35-27-18-36(17-23-13-33-31(34-14-23)37-7-2-3-8-37)19-28(27)42-21-22-5-4-6-25(11-22)43-26-12-24(30(38)40)15-32-16-26/h4-6,11-16,27-28H,2-3,7-10,17-21H2,1H3,(H,35,39)/t27-,28-/m0/s1. The number of benzene rings is 1. The van der Waals surface area contributed by atoms with Crippen molar-refractivity contribution in [1.29, 1.82) is 0 Å². The number of methoxy groups -OCH3 is 1. The summed E-state index contributed by atoms with van der Waals surface area (Å²) in [6.07, 6.45) is 8.90. The second-order valence-corrected chi connectivity index (χ2v) is 11.2. The molecule has 1 N–H and O–H groups in total. The van der Waals surface area contributed by atoms with Gasteiger partial charge in [0.2, 0.25) is 11.9 Å². The number of nitrogens with one attached hydrogen (secondary N) is 1. The van der Waals surface area contributed by atoms with Crippen LogP contribution in [-0.4, -0.2) is 102 Å². The summed E-state index contributed by atoms with van der Waals surface area (Å²) in [4.78, 5) is 46.1. The number of ether oxygens (including phenoxy) is 3. The zero-order valence-electron chi connectivity index (χ0n) is 24.4. The highest BCUT2D eigenvalue weighted by molar-refractivity contribution is 5.96. The summed E-state index contributed by atoms with van der Waals surface area (Å²) in [5.41, 5.74) is 2.27. The molecule has 4 bridgehead atoms. The summed E-state index contributed by atoms with van der Waals surface area (Å²) < 4.78 is 17.7. The number of carbonyl (C=O) groups excluding carboxylic acids is 2. The Balaban J connectivity index is 1.21. The lowest BCUT2D eigenvalue weighted by molar-refractivity contribution is -0.123. The predicted octanol–water partition coefficient (Wildman–Crippen LogP) is 2.25. The van der Waals surface area contributed by atoms with E-state index in [-0.39, 0.29) is 43.7 Å². The van der Waals surface area contributed by atoms with Crippen LogP contribution in [0.4, 0.5) is 5.95 Å². The van der Waals surface area contributed by atoms with Crippen molar-refractivity contribution < 1.29 is 23.8 Å². The highest BCUT2D eigenvalue weighted by Gasteiger charge is 2.35. The van der Waals surface area contributed by atoms with Crippen molar-refractivity contribution in [3.63, 3.8) is 0 Å². The van der Waals surface area contributed by atoms with Crippen LogP contribution in [0.3, 0.4) is 0 Å². The van der Waals surface area contributed by atoms with Crippen LogP contribution in [0.15, 0.2) is 55.1 Å². The summed E-state index contributed by atoms with van der Waals surface area (Å²) >= 11 is 0. The molecule has 2 fully saturated rings. The summed E-state index contributed by atoms with van der Waals surface area (Å²) in [5.74, 6) is 1.23. The number of amides is 2. The van der Waals surface area contributed by atoms with Crippen molar-refractivity contribution in [2.45, 2.75) is 38.1 Å². The molecule has 2 atom stereocenters. The largest absolute Gasteiger partial charge is 0.456 e. The van der Waals surface area contributed by atoms with Gasteiger partial charge in [-0.3, -0.25) is 19.5 Å². The number of nitrogens with zero attached hydrogens (tertiary/aromatic N) is 6. The number of hydrogen-bond donors (Lipinski definition) is 1. The van der Waals surface area contributed by atoms with E-state index in [2.05, 4.69) is 30.1 Å². The van der Waals surface area contributed by atoms with Crippen LogP contribution in [0.2, 0.25) is 0 Å². The highest BCUT2D eigenvalue weighted by Crippen LogP contribution is 2.25. The minimum atomic E-state index is -0.329. The van der Waals surface area contributed by atoms with E-state index in [1.165, 1.54) is 23.9 Å². The molecule has 0 unspecified atom stereocenters. The van der Waals surface area contributed by atoms with E-state index in [9.17, 15) is 9.59 Å². The van der Waals surface area contributed by atoms with Gasteiger partial charge >= 0.3 is 0 Å². The van der Waals surface area contributed by atoms with Gasteiger partial charge < -0.3 is 29.3 Å². The molecule has 0 spiro atoms. The molecular formula is C31H37N7O5. The molecule has 2 amide bonds.